The lowest BCUT2D eigenvalue weighted by molar-refractivity contribution is -0.133. The van der Waals surface area contributed by atoms with E-state index in [1.807, 2.05) is 18.7 Å². The highest BCUT2D eigenvalue weighted by atomic mass is 16.6. The van der Waals surface area contributed by atoms with Gasteiger partial charge in [0, 0.05) is 39.3 Å². The van der Waals surface area contributed by atoms with Crippen molar-refractivity contribution in [3.63, 3.8) is 0 Å². The van der Waals surface area contributed by atoms with Gasteiger partial charge in [-0.3, -0.25) is 9.69 Å². The fourth-order valence-corrected chi connectivity index (χ4v) is 2.85. The molecule has 126 valence electrons. The van der Waals surface area contributed by atoms with Crippen LogP contribution in [-0.4, -0.2) is 79.1 Å². The molecular formula is C16H29N3O3. The molecule has 2 rings (SSSR count). The van der Waals surface area contributed by atoms with E-state index in [-0.39, 0.29) is 12.0 Å². The van der Waals surface area contributed by atoms with E-state index < -0.39 is 0 Å². The second-order valence-corrected chi connectivity index (χ2v) is 6.68. The number of likely N-dealkylation sites (tertiary alicyclic amines) is 1. The molecule has 0 aromatic rings. The molecule has 22 heavy (non-hydrogen) atoms. The Morgan fingerprint density at radius 3 is 2.14 bits per heavy atom. The molecule has 2 heterocycles. The van der Waals surface area contributed by atoms with Crippen LogP contribution in [0.2, 0.25) is 0 Å². The number of piperazine rings is 1. The first-order valence-corrected chi connectivity index (χ1v) is 8.48. The Hall–Kier alpha value is -1.30. The number of ether oxygens (including phenoxy) is 1. The Morgan fingerprint density at radius 1 is 0.909 bits per heavy atom. The van der Waals surface area contributed by atoms with E-state index in [9.17, 15) is 9.59 Å². The molecular weight excluding hydrogens is 282 g/mol. The fraction of sp³-hybridized carbons (Fsp3) is 0.875. The molecule has 0 atom stereocenters. The van der Waals surface area contributed by atoms with Crippen LogP contribution < -0.4 is 0 Å². The number of carbonyl (C=O) groups excluding carboxylic acids is 2. The monoisotopic (exact) mass is 311 g/mol. The molecule has 0 aliphatic carbocycles. The third kappa shape index (κ3) is 5.16. The molecule has 0 N–H and O–H groups in total. The number of carbonyl (C=O) groups is 2. The van der Waals surface area contributed by atoms with Crippen LogP contribution in [0.25, 0.3) is 0 Å². The number of amides is 2. The Labute approximate surface area is 133 Å². The average Bonchev–Trinajstić information content (AvgIpc) is 2.54. The van der Waals surface area contributed by atoms with E-state index in [0.717, 1.165) is 39.0 Å². The Bertz CT molecular complexity index is 373. The summed E-state index contributed by atoms with van der Waals surface area (Å²) >= 11 is 0. The van der Waals surface area contributed by atoms with Crippen molar-refractivity contribution in [3.05, 3.63) is 0 Å². The van der Waals surface area contributed by atoms with Gasteiger partial charge in [0.25, 0.3) is 0 Å². The van der Waals surface area contributed by atoms with Crippen LogP contribution in [0, 0.1) is 5.92 Å². The average molecular weight is 311 g/mol. The maximum atomic E-state index is 12.2. The third-order valence-corrected chi connectivity index (χ3v) is 4.24. The third-order valence-electron chi connectivity index (χ3n) is 4.24. The summed E-state index contributed by atoms with van der Waals surface area (Å²) in [6.07, 6.45) is 3.26. The van der Waals surface area contributed by atoms with Gasteiger partial charge in [0.2, 0.25) is 5.91 Å². The van der Waals surface area contributed by atoms with Crippen molar-refractivity contribution in [3.8, 4) is 0 Å². The summed E-state index contributed by atoms with van der Waals surface area (Å²) in [5.74, 6) is 0.586. The lowest BCUT2D eigenvalue weighted by Gasteiger charge is -2.35. The molecule has 0 unspecified atom stereocenters. The van der Waals surface area contributed by atoms with Crippen LogP contribution in [0.4, 0.5) is 4.79 Å². The van der Waals surface area contributed by atoms with Gasteiger partial charge in [-0.15, -0.1) is 0 Å². The molecule has 6 heteroatoms. The van der Waals surface area contributed by atoms with Crippen molar-refractivity contribution in [2.75, 3.05) is 52.4 Å². The summed E-state index contributed by atoms with van der Waals surface area (Å²) in [5.41, 5.74) is 0. The largest absolute Gasteiger partial charge is 0.449 e. The predicted molar refractivity (Wildman–Crippen MR) is 84.6 cm³/mol. The molecule has 0 radical (unpaired) electrons. The van der Waals surface area contributed by atoms with Crippen LogP contribution in [0.3, 0.4) is 0 Å². The van der Waals surface area contributed by atoms with E-state index in [0.29, 0.717) is 32.2 Å². The van der Waals surface area contributed by atoms with E-state index in [2.05, 4.69) is 4.90 Å². The second kappa shape index (κ2) is 8.36. The highest BCUT2D eigenvalue weighted by Gasteiger charge is 2.25. The highest BCUT2D eigenvalue weighted by Crippen LogP contribution is 2.10. The molecule has 0 aromatic carbocycles. The first kappa shape index (κ1) is 17.1. The summed E-state index contributed by atoms with van der Waals surface area (Å²) < 4.78 is 5.25. The summed E-state index contributed by atoms with van der Waals surface area (Å²) in [6, 6.07) is 0. The molecule has 0 saturated carbocycles. The zero-order valence-corrected chi connectivity index (χ0v) is 13.9. The van der Waals surface area contributed by atoms with Gasteiger partial charge in [0.15, 0.2) is 0 Å². The van der Waals surface area contributed by atoms with E-state index >= 15 is 0 Å². The molecule has 6 nitrogen and oxygen atoms in total. The van der Waals surface area contributed by atoms with Crippen molar-refractivity contribution in [2.45, 2.75) is 33.1 Å². The van der Waals surface area contributed by atoms with E-state index in [1.165, 1.54) is 6.42 Å². The van der Waals surface area contributed by atoms with Crippen molar-refractivity contribution in [2.24, 2.45) is 5.92 Å². The lowest BCUT2D eigenvalue weighted by atomic mass is 10.1. The number of hydrogen-bond acceptors (Lipinski definition) is 4. The van der Waals surface area contributed by atoms with Crippen molar-refractivity contribution < 1.29 is 14.3 Å². The minimum atomic E-state index is -0.226. The smallest absolute Gasteiger partial charge is 0.409 e. The van der Waals surface area contributed by atoms with Gasteiger partial charge in [0.1, 0.15) is 0 Å². The highest BCUT2D eigenvalue weighted by molar-refractivity contribution is 5.78. The van der Waals surface area contributed by atoms with Gasteiger partial charge < -0.3 is 14.5 Å². The number of hydrogen-bond donors (Lipinski definition) is 0. The maximum absolute atomic E-state index is 12.2. The molecule has 0 aromatic heterocycles. The zero-order valence-electron chi connectivity index (χ0n) is 13.9. The van der Waals surface area contributed by atoms with Gasteiger partial charge in [-0.05, 0) is 25.2 Å². The van der Waals surface area contributed by atoms with Crippen molar-refractivity contribution in [1.82, 2.24) is 14.7 Å². The minimum Gasteiger partial charge on any atom is -0.449 e. The molecule has 2 aliphatic rings. The predicted octanol–water partition coefficient (Wildman–Crippen LogP) is 1.41. The van der Waals surface area contributed by atoms with Gasteiger partial charge in [0.05, 0.1) is 13.2 Å². The first-order chi connectivity index (χ1) is 10.6. The summed E-state index contributed by atoms with van der Waals surface area (Å²) in [5, 5.41) is 0. The van der Waals surface area contributed by atoms with E-state index in [4.69, 9.17) is 4.74 Å². The quantitative estimate of drug-likeness (QED) is 0.788. The van der Waals surface area contributed by atoms with Crippen LogP contribution >= 0.6 is 0 Å². The van der Waals surface area contributed by atoms with Gasteiger partial charge in [-0.2, -0.15) is 0 Å². The zero-order chi connectivity index (χ0) is 15.9. The fourth-order valence-electron chi connectivity index (χ4n) is 2.85. The number of piperidine rings is 1. The minimum absolute atomic E-state index is 0.226. The van der Waals surface area contributed by atoms with Gasteiger partial charge >= 0.3 is 6.09 Å². The molecule has 2 amide bonds. The number of nitrogens with zero attached hydrogens (tertiary/aromatic N) is 3. The van der Waals surface area contributed by atoms with Crippen molar-refractivity contribution in [1.29, 1.82) is 0 Å². The first-order valence-electron chi connectivity index (χ1n) is 8.48. The molecule has 2 aliphatic heterocycles. The topological polar surface area (TPSA) is 53.1 Å². The molecule has 0 bridgehead atoms. The van der Waals surface area contributed by atoms with Crippen LogP contribution in [0.15, 0.2) is 0 Å². The number of rotatable bonds is 4. The van der Waals surface area contributed by atoms with Gasteiger partial charge in [-0.25, -0.2) is 4.79 Å². The standard InChI is InChI=1S/C16H29N3O3/c1-14(2)13-22-16(21)19-10-8-17(9-11-19)12-15(20)18-6-4-3-5-7-18/h14H,3-13H2,1-2H3. The molecule has 2 fully saturated rings. The summed E-state index contributed by atoms with van der Waals surface area (Å²) in [4.78, 5) is 30.0. The summed E-state index contributed by atoms with van der Waals surface area (Å²) in [7, 11) is 0. The van der Waals surface area contributed by atoms with Crippen molar-refractivity contribution >= 4 is 12.0 Å². The van der Waals surface area contributed by atoms with E-state index in [1.54, 1.807) is 4.90 Å². The normalized spacial score (nSPS) is 20.3. The van der Waals surface area contributed by atoms with Gasteiger partial charge in [-0.1, -0.05) is 13.8 Å². The molecule has 2 saturated heterocycles. The maximum Gasteiger partial charge on any atom is 0.409 e. The SMILES string of the molecule is CC(C)COC(=O)N1CCN(CC(=O)N2CCCCC2)CC1. The van der Waals surface area contributed by atoms with Crippen LogP contribution in [-0.2, 0) is 9.53 Å². The Morgan fingerprint density at radius 2 is 1.55 bits per heavy atom. The second-order valence-electron chi connectivity index (χ2n) is 6.68. The Kier molecular flexibility index (Phi) is 6.49. The summed E-state index contributed by atoms with van der Waals surface area (Å²) in [6.45, 7) is 9.58. The van der Waals surface area contributed by atoms with Crippen LogP contribution in [0.5, 0.6) is 0 Å². The lowest BCUT2D eigenvalue weighted by Crippen LogP contribution is -2.52. The van der Waals surface area contributed by atoms with Crippen LogP contribution in [0.1, 0.15) is 33.1 Å². The Balaban J connectivity index is 1.68. The molecule has 0 spiro atoms.